The molecule has 0 aliphatic heterocycles. The van der Waals surface area contributed by atoms with E-state index in [-0.39, 0.29) is 5.91 Å². The third-order valence-corrected chi connectivity index (χ3v) is 3.84. The molecule has 1 heterocycles. The molecule has 14 heavy (non-hydrogen) atoms. The Balaban J connectivity index is 2.63. The van der Waals surface area contributed by atoms with Crippen molar-refractivity contribution in [1.29, 1.82) is 0 Å². The van der Waals surface area contributed by atoms with Gasteiger partial charge in [-0.1, -0.05) is 11.3 Å². The third-order valence-electron chi connectivity index (χ3n) is 1.56. The zero-order valence-corrected chi connectivity index (χ0v) is 9.80. The van der Waals surface area contributed by atoms with E-state index in [0.717, 1.165) is 9.90 Å². The van der Waals surface area contributed by atoms with Crippen molar-refractivity contribution in [3.05, 3.63) is 5.69 Å². The van der Waals surface area contributed by atoms with Gasteiger partial charge in [0.05, 0.1) is 9.90 Å². The van der Waals surface area contributed by atoms with Crippen LogP contribution >= 0.6 is 23.1 Å². The van der Waals surface area contributed by atoms with Crippen LogP contribution in [0.4, 0.5) is 5.13 Å². The fourth-order valence-electron chi connectivity index (χ4n) is 0.938. The molecule has 4 nitrogen and oxygen atoms in total. The molecule has 1 aromatic heterocycles. The Bertz CT molecular complexity index is 324. The Kier molecular flexibility index (Phi) is 4.37. The molecule has 6 heteroatoms. The lowest BCUT2D eigenvalue weighted by molar-refractivity contribution is -0.116. The van der Waals surface area contributed by atoms with Crippen molar-refractivity contribution in [3.63, 3.8) is 0 Å². The largest absolute Gasteiger partial charge is 0.330 e. The SMILES string of the molecule is CSc1sc(NC(=O)CCN)nc1C. The number of hydrogen-bond donors (Lipinski definition) is 2. The van der Waals surface area contributed by atoms with E-state index in [4.69, 9.17) is 5.73 Å². The summed E-state index contributed by atoms with van der Waals surface area (Å²) in [6.45, 7) is 2.30. The monoisotopic (exact) mass is 231 g/mol. The lowest BCUT2D eigenvalue weighted by Crippen LogP contribution is -2.15. The molecule has 1 amide bonds. The van der Waals surface area contributed by atoms with Gasteiger partial charge in [0.25, 0.3) is 0 Å². The van der Waals surface area contributed by atoms with Gasteiger partial charge in [-0.15, -0.1) is 11.8 Å². The van der Waals surface area contributed by atoms with Crippen LogP contribution in [-0.4, -0.2) is 23.7 Å². The predicted octanol–water partition coefficient (Wildman–Crippen LogP) is 1.46. The summed E-state index contributed by atoms with van der Waals surface area (Å²) >= 11 is 3.13. The van der Waals surface area contributed by atoms with E-state index < -0.39 is 0 Å². The second-order valence-electron chi connectivity index (χ2n) is 2.68. The number of amides is 1. The van der Waals surface area contributed by atoms with Crippen LogP contribution in [0.3, 0.4) is 0 Å². The smallest absolute Gasteiger partial charge is 0.227 e. The second-order valence-corrected chi connectivity index (χ2v) is 4.76. The van der Waals surface area contributed by atoms with Crippen LogP contribution in [-0.2, 0) is 4.79 Å². The first-order valence-electron chi connectivity index (χ1n) is 4.18. The molecule has 1 rings (SSSR count). The van der Waals surface area contributed by atoms with Crippen molar-refractivity contribution in [3.8, 4) is 0 Å². The second kappa shape index (κ2) is 5.33. The molecule has 78 valence electrons. The van der Waals surface area contributed by atoms with E-state index in [0.29, 0.717) is 18.1 Å². The molecule has 0 saturated heterocycles. The van der Waals surface area contributed by atoms with Gasteiger partial charge in [-0.3, -0.25) is 4.79 Å². The number of carbonyl (C=O) groups excluding carboxylic acids is 1. The molecule has 0 unspecified atom stereocenters. The first-order valence-corrected chi connectivity index (χ1v) is 6.23. The number of anilines is 1. The molecule has 0 fully saturated rings. The van der Waals surface area contributed by atoms with E-state index in [1.165, 1.54) is 11.3 Å². The predicted molar refractivity (Wildman–Crippen MR) is 60.9 cm³/mol. The molecule has 0 radical (unpaired) electrons. The fraction of sp³-hybridized carbons (Fsp3) is 0.500. The number of nitrogens with two attached hydrogens (primary N) is 1. The topological polar surface area (TPSA) is 68.0 Å². The van der Waals surface area contributed by atoms with Crippen LogP contribution in [0.1, 0.15) is 12.1 Å². The molecule has 0 spiro atoms. The summed E-state index contributed by atoms with van der Waals surface area (Å²) in [5.41, 5.74) is 6.23. The minimum atomic E-state index is -0.0751. The van der Waals surface area contributed by atoms with Gasteiger partial charge in [-0.2, -0.15) is 0 Å². The van der Waals surface area contributed by atoms with Crippen molar-refractivity contribution in [2.45, 2.75) is 17.6 Å². The summed E-state index contributed by atoms with van der Waals surface area (Å²) in [5.74, 6) is -0.0751. The Labute approximate surface area is 91.3 Å². The molecular formula is C8H13N3OS2. The van der Waals surface area contributed by atoms with Crippen molar-refractivity contribution in [2.75, 3.05) is 18.1 Å². The summed E-state index contributed by atoms with van der Waals surface area (Å²) in [7, 11) is 0. The summed E-state index contributed by atoms with van der Waals surface area (Å²) < 4.78 is 1.13. The highest BCUT2D eigenvalue weighted by atomic mass is 32.2. The van der Waals surface area contributed by atoms with Gasteiger partial charge in [-0.25, -0.2) is 4.98 Å². The molecule has 1 aromatic rings. The van der Waals surface area contributed by atoms with Crippen molar-refractivity contribution < 1.29 is 4.79 Å². The summed E-state index contributed by atoms with van der Waals surface area (Å²) in [5, 5.41) is 3.37. The molecule has 0 aliphatic rings. The Morgan fingerprint density at radius 1 is 1.71 bits per heavy atom. The maximum atomic E-state index is 11.2. The van der Waals surface area contributed by atoms with Gasteiger partial charge in [0.2, 0.25) is 5.91 Å². The minimum absolute atomic E-state index is 0.0751. The van der Waals surface area contributed by atoms with Gasteiger partial charge in [0.15, 0.2) is 5.13 Å². The highest BCUT2D eigenvalue weighted by Crippen LogP contribution is 2.30. The van der Waals surface area contributed by atoms with Crippen LogP contribution in [0.5, 0.6) is 0 Å². The molecule has 0 aromatic carbocycles. The minimum Gasteiger partial charge on any atom is -0.330 e. The zero-order chi connectivity index (χ0) is 10.6. The number of nitrogens with one attached hydrogen (secondary N) is 1. The Hall–Kier alpha value is -0.590. The lowest BCUT2D eigenvalue weighted by Gasteiger charge is -1.97. The van der Waals surface area contributed by atoms with Gasteiger partial charge in [-0.05, 0) is 13.2 Å². The Morgan fingerprint density at radius 2 is 2.43 bits per heavy atom. The van der Waals surface area contributed by atoms with Crippen LogP contribution < -0.4 is 11.1 Å². The normalized spacial score (nSPS) is 10.2. The first kappa shape index (κ1) is 11.5. The number of aryl methyl sites for hydroxylation is 1. The standard InChI is InChI=1S/C8H13N3OS2/c1-5-7(13-2)14-8(10-5)11-6(12)3-4-9/h3-4,9H2,1-2H3,(H,10,11,12). The molecule has 0 aliphatic carbocycles. The van der Waals surface area contributed by atoms with Crippen LogP contribution in [0, 0.1) is 6.92 Å². The van der Waals surface area contributed by atoms with E-state index in [1.54, 1.807) is 11.8 Å². The number of hydrogen-bond acceptors (Lipinski definition) is 5. The molecule has 0 bridgehead atoms. The fourth-order valence-corrected chi connectivity index (χ4v) is 2.57. The number of carbonyl (C=O) groups is 1. The van der Waals surface area contributed by atoms with E-state index >= 15 is 0 Å². The zero-order valence-electron chi connectivity index (χ0n) is 8.16. The number of rotatable bonds is 4. The molecule has 0 atom stereocenters. The summed E-state index contributed by atoms with van der Waals surface area (Å²) in [4.78, 5) is 15.4. The van der Waals surface area contributed by atoms with E-state index in [1.807, 2.05) is 13.2 Å². The first-order chi connectivity index (χ1) is 6.67. The van der Waals surface area contributed by atoms with Gasteiger partial charge >= 0.3 is 0 Å². The average Bonchev–Trinajstić information content (AvgIpc) is 2.46. The molecule has 3 N–H and O–H groups in total. The van der Waals surface area contributed by atoms with Gasteiger partial charge in [0.1, 0.15) is 0 Å². The number of aromatic nitrogens is 1. The van der Waals surface area contributed by atoms with Gasteiger partial charge in [0, 0.05) is 13.0 Å². The highest BCUT2D eigenvalue weighted by molar-refractivity contribution is 8.00. The maximum Gasteiger partial charge on any atom is 0.227 e. The lowest BCUT2D eigenvalue weighted by atomic mass is 10.4. The maximum absolute atomic E-state index is 11.2. The number of nitrogens with zero attached hydrogens (tertiary/aromatic N) is 1. The van der Waals surface area contributed by atoms with Crippen molar-refractivity contribution >= 4 is 34.1 Å². The van der Waals surface area contributed by atoms with Crippen LogP contribution in [0.2, 0.25) is 0 Å². The van der Waals surface area contributed by atoms with Crippen LogP contribution in [0.15, 0.2) is 4.21 Å². The van der Waals surface area contributed by atoms with Crippen molar-refractivity contribution in [2.24, 2.45) is 5.73 Å². The number of thiazole rings is 1. The number of thioether (sulfide) groups is 1. The Morgan fingerprint density at radius 3 is 2.93 bits per heavy atom. The summed E-state index contributed by atoms with van der Waals surface area (Å²) in [6.07, 6.45) is 2.33. The molecular weight excluding hydrogens is 218 g/mol. The van der Waals surface area contributed by atoms with Crippen molar-refractivity contribution in [1.82, 2.24) is 4.98 Å². The van der Waals surface area contributed by atoms with E-state index in [9.17, 15) is 4.79 Å². The van der Waals surface area contributed by atoms with Crippen LogP contribution in [0.25, 0.3) is 0 Å². The highest BCUT2D eigenvalue weighted by Gasteiger charge is 2.08. The summed E-state index contributed by atoms with van der Waals surface area (Å²) in [6, 6.07) is 0. The third kappa shape index (κ3) is 2.97. The molecule has 0 saturated carbocycles. The average molecular weight is 231 g/mol. The quantitative estimate of drug-likeness (QED) is 0.770. The van der Waals surface area contributed by atoms with E-state index in [2.05, 4.69) is 10.3 Å². The van der Waals surface area contributed by atoms with Gasteiger partial charge < -0.3 is 11.1 Å².